The number of hydrogen-bond acceptors (Lipinski definition) is 4. The summed E-state index contributed by atoms with van der Waals surface area (Å²) < 4.78 is 10.6. The second kappa shape index (κ2) is 8.34. The first-order chi connectivity index (χ1) is 12.2. The summed E-state index contributed by atoms with van der Waals surface area (Å²) in [5.74, 6) is 0.911. The zero-order valence-electron chi connectivity index (χ0n) is 14.7. The molecule has 0 radical (unpaired) electrons. The Morgan fingerprint density at radius 3 is 2.44 bits per heavy atom. The second-order valence-corrected chi connectivity index (χ2v) is 6.68. The van der Waals surface area contributed by atoms with Gasteiger partial charge in [0.1, 0.15) is 5.75 Å². The Kier molecular flexibility index (Phi) is 5.91. The van der Waals surface area contributed by atoms with E-state index in [1.807, 2.05) is 29.2 Å². The molecular weight excluding hydrogens is 320 g/mol. The molecule has 2 heterocycles. The van der Waals surface area contributed by atoms with Crippen LogP contribution >= 0.6 is 0 Å². The Labute approximate surface area is 148 Å². The number of carbonyl (C=O) groups is 2. The Morgan fingerprint density at radius 1 is 1.08 bits per heavy atom. The highest BCUT2D eigenvalue weighted by atomic mass is 16.5. The van der Waals surface area contributed by atoms with E-state index in [0.717, 1.165) is 12.8 Å². The lowest BCUT2D eigenvalue weighted by Crippen LogP contribution is -2.45. The Bertz CT molecular complexity index is 605. The van der Waals surface area contributed by atoms with Crippen LogP contribution in [0.5, 0.6) is 5.75 Å². The number of rotatable bonds is 4. The minimum Gasteiger partial charge on any atom is -0.495 e. The second-order valence-electron chi connectivity index (χ2n) is 6.68. The number of nitrogens with one attached hydrogen (secondary N) is 1. The number of benzene rings is 1. The molecule has 3 rings (SSSR count). The number of nitrogens with zero attached hydrogens (tertiary/aromatic N) is 1. The van der Waals surface area contributed by atoms with Crippen molar-refractivity contribution in [2.45, 2.75) is 25.7 Å². The zero-order chi connectivity index (χ0) is 17.6. The highest BCUT2D eigenvalue weighted by Gasteiger charge is 2.31. The van der Waals surface area contributed by atoms with Crippen LogP contribution in [0.3, 0.4) is 0 Å². The van der Waals surface area contributed by atoms with Gasteiger partial charge in [0.15, 0.2) is 0 Å². The van der Waals surface area contributed by atoms with Gasteiger partial charge in [0.2, 0.25) is 11.8 Å². The Balaban J connectivity index is 1.51. The molecule has 0 atom stereocenters. The lowest BCUT2D eigenvalue weighted by atomic mass is 9.93. The lowest BCUT2D eigenvalue weighted by molar-refractivity contribution is -0.141. The number of carbonyl (C=O) groups excluding carboxylic acids is 2. The number of methoxy groups -OCH3 is 1. The van der Waals surface area contributed by atoms with Crippen LogP contribution in [0.1, 0.15) is 25.7 Å². The van der Waals surface area contributed by atoms with Crippen molar-refractivity contribution >= 4 is 17.5 Å². The van der Waals surface area contributed by atoms with Crippen LogP contribution in [-0.2, 0) is 14.3 Å². The van der Waals surface area contributed by atoms with Crippen LogP contribution in [0, 0.1) is 11.8 Å². The van der Waals surface area contributed by atoms with Gasteiger partial charge in [-0.25, -0.2) is 0 Å². The average molecular weight is 346 g/mol. The molecule has 6 heteroatoms. The molecule has 1 aromatic carbocycles. The molecule has 136 valence electrons. The van der Waals surface area contributed by atoms with E-state index in [4.69, 9.17) is 9.47 Å². The molecule has 25 heavy (non-hydrogen) atoms. The Morgan fingerprint density at radius 2 is 1.76 bits per heavy atom. The highest BCUT2D eigenvalue weighted by molar-refractivity contribution is 5.94. The van der Waals surface area contributed by atoms with Gasteiger partial charge in [-0.05, 0) is 37.8 Å². The molecule has 2 saturated heterocycles. The van der Waals surface area contributed by atoms with E-state index in [1.54, 1.807) is 7.11 Å². The molecule has 0 aromatic heterocycles. The minimum absolute atomic E-state index is 0.00247. The van der Waals surface area contributed by atoms with Crippen LogP contribution in [0.15, 0.2) is 24.3 Å². The molecule has 0 unspecified atom stereocenters. The number of piperidine rings is 1. The van der Waals surface area contributed by atoms with Crippen LogP contribution in [0.25, 0.3) is 0 Å². The van der Waals surface area contributed by atoms with Crippen molar-refractivity contribution < 1.29 is 19.1 Å². The first kappa shape index (κ1) is 17.7. The smallest absolute Gasteiger partial charge is 0.227 e. The fourth-order valence-electron chi connectivity index (χ4n) is 3.55. The van der Waals surface area contributed by atoms with E-state index in [2.05, 4.69) is 5.32 Å². The molecule has 0 spiro atoms. The van der Waals surface area contributed by atoms with E-state index in [0.29, 0.717) is 50.6 Å². The van der Waals surface area contributed by atoms with E-state index < -0.39 is 0 Å². The molecule has 0 saturated carbocycles. The molecular formula is C19H26N2O4. The van der Waals surface area contributed by atoms with Gasteiger partial charge in [0.05, 0.1) is 12.8 Å². The molecule has 2 aliphatic rings. The summed E-state index contributed by atoms with van der Waals surface area (Å²) >= 11 is 0. The van der Waals surface area contributed by atoms with Gasteiger partial charge in [0.25, 0.3) is 0 Å². The maximum Gasteiger partial charge on any atom is 0.227 e. The molecule has 2 aliphatic heterocycles. The Hall–Kier alpha value is -2.08. The van der Waals surface area contributed by atoms with Gasteiger partial charge in [0, 0.05) is 38.1 Å². The predicted octanol–water partition coefficient (Wildman–Crippen LogP) is 2.30. The van der Waals surface area contributed by atoms with Gasteiger partial charge in [-0.2, -0.15) is 0 Å². The SMILES string of the molecule is COc1ccccc1NC(=O)C1CCN(C(=O)C2CCOCC2)CC1. The third-order valence-corrected chi connectivity index (χ3v) is 5.11. The van der Waals surface area contributed by atoms with Crippen molar-refractivity contribution in [2.75, 3.05) is 38.7 Å². The van der Waals surface area contributed by atoms with Gasteiger partial charge >= 0.3 is 0 Å². The van der Waals surface area contributed by atoms with E-state index in [-0.39, 0.29) is 23.7 Å². The standard InChI is InChI=1S/C19H26N2O4/c1-24-17-5-3-2-4-16(17)20-18(22)14-6-10-21(11-7-14)19(23)15-8-12-25-13-9-15/h2-5,14-15H,6-13H2,1H3,(H,20,22). The molecule has 0 bridgehead atoms. The van der Waals surface area contributed by atoms with Crippen LogP contribution in [0.4, 0.5) is 5.69 Å². The van der Waals surface area contributed by atoms with Crippen molar-refractivity contribution in [3.05, 3.63) is 24.3 Å². The fraction of sp³-hybridized carbons (Fsp3) is 0.579. The number of hydrogen-bond donors (Lipinski definition) is 1. The number of amides is 2. The van der Waals surface area contributed by atoms with Gasteiger partial charge in [-0.1, -0.05) is 12.1 Å². The average Bonchev–Trinajstić information content (AvgIpc) is 2.68. The first-order valence-corrected chi connectivity index (χ1v) is 8.99. The maximum atomic E-state index is 12.6. The van der Waals surface area contributed by atoms with Gasteiger partial charge in [-0.15, -0.1) is 0 Å². The predicted molar refractivity (Wildman–Crippen MR) is 94.5 cm³/mol. The molecule has 1 aromatic rings. The maximum absolute atomic E-state index is 12.6. The normalized spacial score (nSPS) is 19.5. The molecule has 1 N–H and O–H groups in total. The summed E-state index contributed by atoms with van der Waals surface area (Å²) in [6.07, 6.45) is 3.03. The molecule has 6 nitrogen and oxygen atoms in total. The van der Waals surface area contributed by atoms with Crippen molar-refractivity contribution in [2.24, 2.45) is 11.8 Å². The van der Waals surface area contributed by atoms with Crippen molar-refractivity contribution in [1.29, 1.82) is 0 Å². The number of likely N-dealkylation sites (tertiary alicyclic amines) is 1. The number of para-hydroxylation sites is 2. The summed E-state index contributed by atoms with van der Waals surface area (Å²) in [7, 11) is 1.59. The summed E-state index contributed by atoms with van der Waals surface area (Å²) in [6.45, 7) is 2.66. The topological polar surface area (TPSA) is 67.9 Å². The summed E-state index contributed by atoms with van der Waals surface area (Å²) in [6, 6.07) is 7.40. The molecule has 2 amide bonds. The van der Waals surface area contributed by atoms with Crippen LogP contribution < -0.4 is 10.1 Å². The van der Waals surface area contributed by atoms with Gasteiger partial charge < -0.3 is 19.7 Å². The number of anilines is 1. The summed E-state index contributed by atoms with van der Waals surface area (Å²) in [5, 5.41) is 2.95. The van der Waals surface area contributed by atoms with E-state index in [9.17, 15) is 9.59 Å². The number of ether oxygens (including phenoxy) is 2. The fourth-order valence-corrected chi connectivity index (χ4v) is 3.55. The third-order valence-electron chi connectivity index (χ3n) is 5.11. The minimum atomic E-state index is -0.0661. The zero-order valence-corrected chi connectivity index (χ0v) is 14.7. The third kappa shape index (κ3) is 4.31. The quantitative estimate of drug-likeness (QED) is 0.908. The molecule has 0 aliphatic carbocycles. The first-order valence-electron chi connectivity index (χ1n) is 8.99. The largest absolute Gasteiger partial charge is 0.495 e. The van der Waals surface area contributed by atoms with Crippen molar-refractivity contribution in [1.82, 2.24) is 4.90 Å². The van der Waals surface area contributed by atoms with Crippen LogP contribution in [-0.4, -0.2) is 50.1 Å². The van der Waals surface area contributed by atoms with Crippen molar-refractivity contribution in [3.8, 4) is 5.75 Å². The van der Waals surface area contributed by atoms with Gasteiger partial charge in [-0.3, -0.25) is 9.59 Å². The monoisotopic (exact) mass is 346 g/mol. The lowest BCUT2D eigenvalue weighted by Gasteiger charge is -2.34. The summed E-state index contributed by atoms with van der Waals surface area (Å²) in [4.78, 5) is 27.0. The summed E-state index contributed by atoms with van der Waals surface area (Å²) in [5.41, 5.74) is 0.690. The van der Waals surface area contributed by atoms with Crippen LogP contribution in [0.2, 0.25) is 0 Å². The van der Waals surface area contributed by atoms with E-state index in [1.165, 1.54) is 0 Å². The highest BCUT2D eigenvalue weighted by Crippen LogP contribution is 2.27. The molecule has 2 fully saturated rings. The van der Waals surface area contributed by atoms with Crippen molar-refractivity contribution in [3.63, 3.8) is 0 Å². The van der Waals surface area contributed by atoms with E-state index >= 15 is 0 Å².